The molecule has 1 heterocycles. The van der Waals surface area contributed by atoms with Crippen LogP contribution in [0.2, 0.25) is 6.04 Å². The molecular weight excluding hydrogens is 180 g/mol. The monoisotopic (exact) mass is 194 g/mol. The van der Waals surface area contributed by atoms with E-state index in [2.05, 4.69) is 6.92 Å². The molecule has 1 aliphatic rings. The molecule has 1 nitrogen and oxygen atoms in total. The van der Waals surface area contributed by atoms with E-state index in [0.717, 1.165) is 8.55 Å². The highest BCUT2D eigenvalue weighted by Crippen LogP contribution is 1.92. The van der Waals surface area contributed by atoms with Gasteiger partial charge in [0.2, 0.25) is 0 Å². The third-order valence-corrected chi connectivity index (χ3v) is 59.9. The molecule has 0 aliphatic carbocycles. The summed E-state index contributed by atoms with van der Waals surface area (Å²) in [7, 11) is 1.86. The maximum atomic E-state index is 5.86. The van der Waals surface area contributed by atoms with Crippen molar-refractivity contribution in [1.82, 2.24) is 0 Å². The predicted octanol–water partition coefficient (Wildman–Crippen LogP) is -3.41. The Morgan fingerprint density at radius 3 is 2.75 bits per heavy atom. The Hall–Kier alpha value is 1.04. The van der Waals surface area contributed by atoms with Gasteiger partial charge in [0.05, 0.1) is 0 Å². The lowest BCUT2D eigenvalue weighted by molar-refractivity contribution is 0.645. The lowest BCUT2D eigenvalue weighted by Gasteiger charge is -2.18. The van der Waals surface area contributed by atoms with Gasteiger partial charge in [-0.15, -0.1) is 0 Å². The lowest BCUT2D eigenvalue weighted by atomic mass is 11.0. The average molecular weight is 195 g/mol. The third kappa shape index (κ3) is 2.11. The molecule has 1 atom stereocenters. The zero-order valence-electron chi connectivity index (χ0n) is 5.52. The van der Waals surface area contributed by atoms with Crippen molar-refractivity contribution in [2.24, 2.45) is 0 Å². The summed E-state index contributed by atoms with van der Waals surface area (Å²) >= 11 is 0. The molecule has 1 fully saturated rings. The molecule has 0 aromatic carbocycles. The van der Waals surface area contributed by atoms with Crippen LogP contribution in [0.25, 0.3) is 0 Å². The molecule has 1 rings (SSSR count). The van der Waals surface area contributed by atoms with Crippen molar-refractivity contribution >= 4 is 43.5 Å². The normalized spacial score (nSPS) is 42.4. The van der Waals surface area contributed by atoms with Crippen LogP contribution in [0.1, 0.15) is 6.92 Å². The van der Waals surface area contributed by atoms with E-state index >= 15 is 0 Å². The third-order valence-electron chi connectivity index (χ3n) is 1.73. The summed E-state index contributed by atoms with van der Waals surface area (Å²) in [5, 5.41) is 0. The van der Waals surface area contributed by atoms with E-state index in [1.165, 1.54) is 6.04 Å². The minimum Gasteiger partial charge on any atom is -0.469 e. The topological polar surface area (TPSA) is 9.23 Å². The van der Waals surface area contributed by atoms with Gasteiger partial charge in [0.15, 0.2) is 0 Å². The SMILES string of the molecule is CC[SiH]1O[SiH2][SiH2][SiH2][SiH2]1. The van der Waals surface area contributed by atoms with Crippen molar-refractivity contribution < 1.29 is 4.12 Å². The second-order valence-corrected chi connectivity index (χ2v) is 36.0. The summed E-state index contributed by atoms with van der Waals surface area (Å²) in [4.78, 5) is 0. The zero-order chi connectivity index (χ0) is 5.82. The molecule has 1 unspecified atom stereocenters. The summed E-state index contributed by atoms with van der Waals surface area (Å²) in [5.74, 6) is 0. The van der Waals surface area contributed by atoms with E-state index < -0.39 is 0 Å². The van der Waals surface area contributed by atoms with Crippen LogP contribution in [-0.4, -0.2) is 43.5 Å². The highest BCUT2D eigenvalue weighted by Gasteiger charge is 2.13. The fourth-order valence-corrected chi connectivity index (χ4v) is 90.9. The fraction of sp³-hybridized carbons (Fsp3) is 1.00. The van der Waals surface area contributed by atoms with E-state index in [0.29, 0.717) is 17.1 Å². The minimum atomic E-state index is -0.308. The fourth-order valence-electron chi connectivity index (χ4n) is 1.13. The molecule has 1 saturated heterocycles. The second-order valence-electron chi connectivity index (χ2n) is 2.40. The zero-order valence-corrected chi connectivity index (χ0v) is 12.3. The van der Waals surface area contributed by atoms with Crippen molar-refractivity contribution in [3.63, 3.8) is 0 Å². The van der Waals surface area contributed by atoms with Gasteiger partial charge in [-0.2, -0.15) is 0 Å². The maximum Gasteiger partial charge on any atom is 0.139 e. The summed E-state index contributed by atoms with van der Waals surface area (Å²) < 4.78 is 5.86. The van der Waals surface area contributed by atoms with Crippen LogP contribution in [0.5, 0.6) is 0 Å². The Morgan fingerprint density at radius 1 is 1.50 bits per heavy atom. The van der Waals surface area contributed by atoms with E-state index in [1.807, 2.05) is 0 Å². The van der Waals surface area contributed by atoms with Crippen molar-refractivity contribution in [2.45, 2.75) is 13.0 Å². The first kappa shape index (κ1) is 7.15. The molecule has 8 heavy (non-hydrogen) atoms. The molecule has 0 N–H and O–H groups in total. The van der Waals surface area contributed by atoms with E-state index in [9.17, 15) is 0 Å². The van der Waals surface area contributed by atoms with Gasteiger partial charge in [0, 0.05) is 17.1 Å². The average Bonchev–Trinajstić information content (AvgIpc) is 1.90. The van der Waals surface area contributed by atoms with Crippen LogP contribution in [0.3, 0.4) is 0 Å². The first-order valence-corrected chi connectivity index (χ1v) is 20.7. The van der Waals surface area contributed by atoms with Gasteiger partial charge < -0.3 is 4.12 Å². The standard InChI is InChI=1S/C2H14OSi5/c1-2-8-3-4-5-6-7-8/h8H,2,4-7H2,1H3. The lowest BCUT2D eigenvalue weighted by Crippen LogP contribution is -2.42. The summed E-state index contributed by atoms with van der Waals surface area (Å²) in [6.07, 6.45) is 0. The van der Waals surface area contributed by atoms with Gasteiger partial charge in [0.1, 0.15) is 17.8 Å². The van der Waals surface area contributed by atoms with Crippen LogP contribution >= 0.6 is 0 Å². The molecule has 48 valence electrons. The molecule has 0 saturated carbocycles. The van der Waals surface area contributed by atoms with Crippen molar-refractivity contribution in [2.75, 3.05) is 0 Å². The molecule has 1 aliphatic heterocycles. The van der Waals surface area contributed by atoms with Crippen molar-refractivity contribution in [1.29, 1.82) is 0 Å². The predicted molar refractivity (Wildman–Crippen MR) is 52.9 cm³/mol. The van der Waals surface area contributed by atoms with Gasteiger partial charge in [0.25, 0.3) is 0 Å². The molecule has 0 bridgehead atoms. The van der Waals surface area contributed by atoms with Crippen molar-refractivity contribution in [3.8, 4) is 0 Å². The van der Waals surface area contributed by atoms with Crippen LogP contribution in [0.15, 0.2) is 0 Å². The Bertz CT molecular complexity index is 61.4. The Labute approximate surface area is 60.9 Å². The summed E-state index contributed by atoms with van der Waals surface area (Å²) in [5.41, 5.74) is 0. The molecule has 0 radical (unpaired) electrons. The smallest absolute Gasteiger partial charge is 0.139 e. The highest BCUT2D eigenvalue weighted by molar-refractivity contribution is 7.57. The van der Waals surface area contributed by atoms with Crippen LogP contribution in [-0.2, 0) is 4.12 Å². The highest BCUT2D eigenvalue weighted by atomic mass is 29.9. The Kier molecular flexibility index (Phi) is 3.54. The molecule has 6 heteroatoms. The number of hydrogen-bond acceptors (Lipinski definition) is 1. The Balaban J connectivity index is 2.13. The van der Waals surface area contributed by atoms with Gasteiger partial charge in [-0.25, -0.2) is 0 Å². The number of rotatable bonds is 1. The van der Waals surface area contributed by atoms with Gasteiger partial charge >= 0.3 is 0 Å². The van der Waals surface area contributed by atoms with E-state index in [1.54, 1.807) is 0 Å². The van der Waals surface area contributed by atoms with Gasteiger partial charge in [-0.3, -0.25) is 0 Å². The quantitative estimate of drug-likeness (QED) is 0.396. The first-order chi connectivity index (χ1) is 3.93. The molecular formula is C2H14OSi5. The van der Waals surface area contributed by atoms with Crippen LogP contribution in [0.4, 0.5) is 0 Å². The van der Waals surface area contributed by atoms with Crippen LogP contribution < -0.4 is 0 Å². The summed E-state index contributed by atoms with van der Waals surface area (Å²) in [6, 6.07) is 1.49. The van der Waals surface area contributed by atoms with Gasteiger partial charge in [-0.1, -0.05) is 6.92 Å². The molecule has 0 spiro atoms. The minimum absolute atomic E-state index is 0.247. The molecule has 0 aromatic rings. The largest absolute Gasteiger partial charge is 0.469 e. The first-order valence-electron chi connectivity index (χ1n) is 3.55. The van der Waals surface area contributed by atoms with E-state index in [4.69, 9.17) is 4.12 Å². The maximum absolute atomic E-state index is 5.86. The number of hydrogen-bond donors (Lipinski definition) is 0. The second kappa shape index (κ2) is 3.96. The summed E-state index contributed by atoms with van der Waals surface area (Å²) in [6.45, 7) is 2.35. The van der Waals surface area contributed by atoms with E-state index in [-0.39, 0.29) is 17.8 Å². The molecule has 0 amide bonds. The molecule has 0 aromatic heterocycles. The Morgan fingerprint density at radius 2 is 2.38 bits per heavy atom. The van der Waals surface area contributed by atoms with Gasteiger partial charge in [-0.05, 0) is 14.6 Å². The van der Waals surface area contributed by atoms with Crippen molar-refractivity contribution in [3.05, 3.63) is 0 Å². The van der Waals surface area contributed by atoms with Crippen LogP contribution in [0, 0.1) is 0 Å².